The van der Waals surface area contributed by atoms with Crippen LogP contribution in [0.1, 0.15) is 23.4 Å². The van der Waals surface area contributed by atoms with Gasteiger partial charge >= 0.3 is 0 Å². The van der Waals surface area contributed by atoms with Crippen LogP contribution in [0.2, 0.25) is 0 Å². The van der Waals surface area contributed by atoms with E-state index in [1.54, 1.807) is 26.2 Å². The SMILES string of the molecule is COc1ccc(CCC(=O)N(C)Cc2cc(C)on2)cc1OC. The molecule has 6 heteroatoms. The number of methoxy groups -OCH3 is 2. The second kappa shape index (κ2) is 7.67. The third kappa shape index (κ3) is 4.48. The third-order valence-electron chi connectivity index (χ3n) is 3.58. The summed E-state index contributed by atoms with van der Waals surface area (Å²) in [5.41, 5.74) is 1.78. The molecule has 0 fully saturated rings. The lowest BCUT2D eigenvalue weighted by Crippen LogP contribution is -2.26. The van der Waals surface area contributed by atoms with Gasteiger partial charge < -0.3 is 18.9 Å². The van der Waals surface area contributed by atoms with Crippen LogP contribution in [0.15, 0.2) is 28.8 Å². The maximum atomic E-state index is 12.2. The van der Waals surface area contributed by atoms with Crippen molar-refractivity contribution in [3.05, 3.63) is 41.3 Å². The summed E-state index contributed by atoms with van der Waals surface area (Å²) in [5, 5.41) is 3.90. The maximum Gasteiger partial charge on any atom is 0.222 e. The van der Waals surface area contributed by atoms with Crippen molar-refractivity contribution in [1.82, 2.24) is 10.1 Å². The van der Waals surface area contributed by atoms with E-state index in [-0.39, 0.29) is 5.91 Å². The first-order valence-corrected chi connectivity index (χ1v) is 7.40. The number of carbonyl (C=O) groups is 1. The number of aryl methyl sites for hydroxylation is 2. The lowest BCUT2D eigenvalue weighted by Gasteiger charge is -2.15. The highest BCUT2D eigenvalue weighted by atomic mass is 16.5. The van der Waals surface area contributed by atoms with Crippen LogP contribution >= 0.6 is 0 Å². The van der Waals surface area contributed by atoms with E-state index < -0.39 is 0 Å². The molecule has 0 N–H and O–H groups in total. The first-order chi connectivity index (χ1) is 11.0. The molecule has 0 saturated heterocycles. The zero-order valence-corrected chi connectivity index (χ0v) is 14.0. The molecule has 0 spiro atoms. The second-order valence-electron chi connectivity index (χ2n) is 5.37. The van der Waals surface area contributed by atoms with Crippen LogP contribution in [0.4, 0.5) is 0 Å². The van der Waals surface area contributed by atoms with Crippen molar-refractivity contribution in [3.8, 4) is 11.5 Å². The Labute approximate surface area is 136 Å². The van der Waals surface area contributed by atoms with Gasteiger partial charge in [0.15, 0.2) is 11.5 Å². The molecule has 1 aromatic heterocycles. The van der Waals surface area contributed by atoms with Gasteiger partial charge in [0.05, 0.1) is 20.8 Å². The highest BCUT2D eigenvalue weighted by Crippen LogP contribution is 2.28. The number of amides is 1. The molecular weight excluding hydrogens is 296 g/mol. The number of rotatable bonds is 7. The van der Waals surface area contributed by atoms with E-state index in [2.05, 4.69) is 5.16 Å². The van der Waals surface area contributed by atoms with Crippen LogP contribution in [0.25, 0.3) is 0 Å². The minimum atomic E-state index is 0.0560. The number of ether oxygens (including phenoxy) is 2. The smallest absolute Gasteiger partial charge is 0.222 e. The zero-order valence-electron chi connectivity index (χ0n) is 14.0. The van der Waals surface area contributed by atoms with E-state index in [0.29, 0.717) is 30.9 Å². The van der Waals surface area contributed by atoms with Gasteiger partial charge in [-0.2, -0.15) is 0 Å². The molecule has 6 nitrogen and oxygen atoms in total. The Morgan fingerprint density at radius 3 is 2.57 bits per heavy atom. The van der Waals surface area contributed by atoms with E-state index in [9.17, 15) is 4.79 Å². The van der Waals surface area contributed by atoms with E-state index in [4.69, 9.17) is 14.0 Å². The van der Waals surface area contributed by atoms with Gasteiger partial charge in [-0.1, -0.05) is 11.2 Å². The molecule has 0 aliphatic rings. The highest BCUT2D eigenvalue weighted by Gasteiger charge is 2.12. The summed E-state index contributed by atoms with van der Waals surface area (Å²) in [6, 6.07) is 7.52. The van der Waals surface area contributed by atoms with Gasteiger partial charge in [0.25, 0.3) is 0 Å². The predicted octanol–water partition coefficient (Wildman–Crippen LogP) is 2.59. The fourth-order valence-corrected chi connectivity index (χ4v) is 2.30. The number of nitrogens with zero attached hydrogens (tertiary/aromatic N) is 2. The van der Waals surface area contributed by atoms with Crippen molar-refractivity contribution in [2.24, 2.45) is 0 Å². The number of hydrogen-bond donors (Lipinski definition) is 0. The Balaban J connectivity index is 1.90. The molecule has 2 rings (SSSR count). The molecule has 0 unspecified atom stereocenters. The van der Waals surface area contributed by atoms with Gasteiger partial charge in [-0.25, -0.2) is 0 Å². The van der Waals surface area contributed by atoms with E-state index in [1.165, 1.54) is 0 Å². The molecule has 124 valence electrons. The van der Waals surface area contributed by atoms with Crippen LogP contribution in [-0.2, 0) is 17.8 Å². The summed E-state index contributed by atoms with van der Waals surface area (Å²) in [4.78, 5) is 13.9. The maximum absolute atomic E-state index is 12.2. The van der Waals surface area contributed by atoms with Gasteiger partial charge in [-0.05, 0) is 31.0 Å². The van der Waals surface area contributed by atoms with Crippen molar-refractivity contribution in [3.63, 3.8) is 0 Å². The standard InChI is InChI=1S/C17H22N2O4/c1-12-9-14(18-23-12)11-19(2)17(20)8-6-13-5-7-15(21-3)16(10-13)22-4/h5,7,9-10H,6,8,11H2,1-4H3. The molecule has 0 saturated carbocycles. The molecule has 0 atom stereocenters. The van der Waals surface area contributed by atoms with Crippen molar-refractivity contribution in [1.29, 1.82) is 0 Å². The van der Waals surface area contributed by atoms with E-state index in [0.717, 1.165) is 17.0 Å². The molecule has 0 bridgehead atoms. The summed E-state index contributed by atoms with van der Waals surface area (Å²) < 4.78 is 15.5. The van der Waals surface area contributed by atoms with Gasteiger partial charge in [-0.15, -0.1) is 0 Å². The average molecular weight is 318 g/mol. The monoisotopic (exact) mass is 318 g/mol. The van der Waals surface area contributed by atoms with Crippen LogP contribution < -0.4 is 9.47 Å². The average Bonchev–Trinajstić information content (AvgIpc) is 2.96. The van der Waals surface area contributed by atoms with Crippen molar-refractivity contribution in [2.75, 3.05) is 21.3 Å². The first-order valence-electron chi connectivity index (χ1n) is 7.40. The highest BCUT2D eigenvalue weighted by molar-refractivity contribution is 5.76. The number of carbonyl (C=O) groups excluding carboxylic acids is 1. The molecule has 2 aromatic rings. The van der Waals surface area contributed by atoms with Crippen molar-refractivity contribution in [2.45, 2.75) is 26.3 Å². The normalized spacial score (nSPS) is 10.4. The molecule has 1 aromatic carbocycles. The molecule has 0 aliphatic carbocycles. The molecule has 1 heterocycles. The Bertz CT molecular complexity index is 666. The Hall–Kier alpha value is -2.50. The van der Waals surface area contributed by atoms with Gasteiger partial charge in [0.2, 0.25) is 5.91 Å². The van der Waals surface area contributed by atoms with Crippen molar-refractivity contribution < 1.29 is 18.8 Å². The zero-order chi connectivity index (χ0) is 16.8. The predicted molar refractivity (Wildman–Crippen MR) is 85.6 cm³/mol. The molecule has 1 amide bonds. The summed E-state index contributed by atoms with van der Waals surface area (Å²) in [5.74, 6) is 2.15. The number of hydrogen-bond acceptors (Lipinski definition) is 5. The minimum absolute atomic E-state index is 0.0560. The number of benzene rings is 1. The quantitative estimate of drug-likeness (QED) is 0.785. The third-order valence-corrected chi connectivity index (χ3v) is 3.58. The summed E-state index contributed by atoms with van der Waals surface area (Å²) in [6.07, 6.45) is 1.06. The van der Waals surface area contributed by atoms with Crippen LogP contribution in [0, 0.1) is 6.92 Å². The van der Waals surface area contributed by atoms with E-state index in [1.807, 2.05) is 31.2 Å². The summed E-state index contributed by atoms with van der Waals surface area (Å²) >= 11 is 0. The van der Waals surface area contributed by atoms with Crippen molar-refractivity contribution >= 4 is 5.91 Å². The van der Waals surface area contributed by atoms with Crippen LogP contribution in [0.3, 0.4) is 0 Å². The first kappa shape index (κ1) is 16.9. The Morgan fingerprint density at radius 1 is 1.22 bits per heavy atom. The second-order valence-corrected chi connectivity index (χ2v) is 5.37. The fourth-order valence-electron chi connectivity index (χ4n) is 2.30. The topological polar surface area (TPSA) is 64.8 Å². The molecule has 0 radical (unpaired) electrons. The largest absolute Gasteiger partial charge is 0.493 e. The van der Waals surface area contributed by atoms with Crippen LogP contribution in [-0.4, -0.2) is 37.2 Å². The minimum Gasteiger partial charge on any atom is -0.493 e. The van der Waals surface area contributed by atoms with E-state index >= 15 is 0 Å². The van der Waals surface area contributed by atoms with Gasteiger partial charge in [-0.3, -0.25) is 4.79 Å². The Kier molecular flexibility index (Phi) is 5.62. The lowest BCUT2D eigenvalue weighted by molar-refractivity contribution is -0.130. The van der Waals surface area contributed by atoms with Gasteiger partial charge in [0, 0.05) is 19.5 Å². The number of aromatic nitrogens is 1. The molecular formula is C17H22N2O4. The van der Waals surface area contributed by atoms with Crippen LogP contribution in [0.5, 0.6) is 11.5 Å². The molecule has 23 heavy (non-hydrogen) atoms. The summed E-state index contributed by atoms with van der Waals surface area (Å²) in [7, 11) is 4.96. The Morgan fingerprint density at radius 2 is 1.96 bits per heavy atom. The molecule has 0 aliphatic heterocycles. The fraction of sp³-hybridized carbons (Fsp3) is 0.412. The lowest BCUT2D eigenvalue weighted by atomic mass is 10.1. The van der Waals surface area contributed by atoms with Gasteiger partial charge in [0.1, 0.15) is 11.5 Å². The summed E-state index contributed by atoms with van der Waals surface area (Å²) in [6.45, 7) is 2.28.